The summed E-state index contributed by atoms with van der Waals surface area (Å²) in [4.78, 5) is 13.0. The number of benzene rings is 1. The largest absolute Gasteiger partial charge is 0.486 e. The zero-order valence-electron chi connectivity index (χ0n) is 14.0. The molecule has 2 N–H and O–H groups in total. The van der Waals surface area contributed by atoms with Gasteiger partial charge in [0.25, 0.3) is 0 Å². The normalized spacial score (nSPS) is 18.6. The maximum Gasteiger partial charge on any atom is 0.248 e. The molecule has 1 fully saturated rings. The van der Waals surface area contributed by atoms with Crippen molar-refractivity contribution in [2.75, 3.05) is 26.3 Å². The monoisotopic (exact) mass is 342 g/mol. The summed E-state index contributed by atoms with van der Waals surface area (Å²) in [5, 5.41) is 10.7. The molecule has 7 heteroatoms. The highest BCUT2D eigenvalue weighted by atomic mass is 16.6. The smallest absolute Gasteiger partial charge is 0.248 e. The Balaban J connectivity index is 1.49. The third-order valence-corrected chi connectivity index (χ3v) is 4.86. The minimum Gasteiger partial charge on any atom is -0.486 e. The Hall–Kier alpha value is -2.54. The summed E-state index contributed by atoms with van der Waals surface area (Å²) in [5.41, 5.74) is 0.366. The van der Waals surface area contributed by atoms with Crippen LogP contribution in [0, 0.1) is 0 Å². The zero-order valence-corrected chi connectivity index (χ0v) is 14.0. The van der Waals surface area contributed by atoms with Gasteiger partial charge in [0, 0.05) is 18.9 Å². The lowest BCUT2D eigenvalue weighted by Gasteiger charge is -2.36. The third kappa shape index (κ3) is 3.07. The standard InChI is InChI=1S/C18H22N4O3/c23-17(18(4-7-19-8-5-18)22-9-1-6-21-22)20-13-14-2-3-15-16(12-14)25-11-10-24-15/h1-3,6,9,12,19H,4-5,7-8,10-11,13H2,(H,20,23). The Morgan fingerprint density at radius 2 is 2.04 bits per heavy atom. The number of ether oxygens (including phenoxy) is 2. The first kappa shape index (κ1) is 16.0. The van der Waals surface area contributed by atoms with Gasteiger partial charge in [0.2, 0.25) is 5.91 Å². The van der Waals surface area contributed by atoms with Gasteiger partial charge < -0.3 is 20.1 Å². The molecule has 2 aliphatic rings. The highest BCUT2D eigenvalue weighted by molar-refractivity contribution is 5.84. The van der Waals surface area contributed by atoms with Gasteiger partial charge in [-0.05, 0) is 49.7 Å². The lowest BCUT2D eigenvalue weighted by atomic mass is 9.87. The molecule has 1 amide bonds. The zero-order chi connectivity index (χ0) is 17.1. The number of carbonyl (C=O) groups excluding carboxylic acids is 1. The first-order valence-corrected chi connectivity index (χ1v) is 8.66. The molecule has 0 unspecified atom stereocenters. The summed E-state index contributed by atoms with van der Waals surface area (Å²) in [5.74, 6) is 1.50. The lowest BCUT2D eigenvalue weighted by Crippen LogP contribution is -2.54. The van der Waals surface area contributed by atoms with Gasteiger partial charge in [0.05, 0.1) is 0 Å². The van der Waals surface area contributed by atoms with E-state index in [2.05, 4.69) is 15.7 Å². The number of rotatable bonds is 4. The molecule has 4 rings (SSSR count). The molecule has 0 bridgehead atoms. The van der Waals surface area contributed by atoms with Crippen LogP contribution in [-0.2, 0) is 16.9 Å². The SMILES string of the molecule is O=C(NCc1ccc2c(c1)OCCO2)C1(n2cccn2)CCNCC1. The van der Waals surface area contributed by atoms with Crippen LogP contribution in [0.25, 0.3) is 0 Å². The molecule has 0 radical (unpaired) electrons. The fraction of sp³-hybridized carbons (Fsp3) is 0.444. The Morgan fingerprint density at radius 1 is 1.24 bits per heavy atom. The Kier molecular flexibility index (Phi) is 4.31. The molecule has 0 aliphatic carbocycles. The van der Waals surface area contributed by atoms with Crippen molar-refractivity contribution < 1.29 is 14.3 Å². The quantitative estimate of drug-likeness (QED) is 0.868. The molecule has 0 saturated carbocycles. The van der Waals surface area contributed by atoms with Crippen LogP contribution in [0.3, 0.4) is 0 Å². The average Bonchev–Trinajstić information content (AvgIpc) is 3.22. The van der Waals surface area contributed by atoms with E-state index >= 15 is 0 Å². The van der Waals surface area contributed by atoms with Crippen molar-refractivity contribution in [3.63, 3.8) is 0 Å². The van der Waals surface area contributed by atoms with Gasteiger partial charge in [-0.3, -0.25) is 9.48 Å². The van der Waals surface area contributed by atoms with Crippen molar-refractivity contribution in [2.45, 2.75) is 24.9 Å². The van der Waals surface area contributed by atoms with E-state index < -0.39 is 5.54 Å². The van der Waals surface area contributed by atoms with Crippen molar-refractivity contribution in [3.8, 4) is 11.5 Å². The second-order valence-corrected chi connectivity index (χ2v) is 6.39. The van der Waals surface area contributed by atoms with E-state index in [4.69, 9.17) is 9.47 Å². The molecule has 132 valence electrons. The molecule has 2 aliphatic heterocycles. The molecule has 3 heterocycles. The summed E-state index contributed by atoms with van der Waals surface area (Å²) in [6.45, 7) is 3.18. The highest BCUT2D eigenvalue weighted by Crippen LogP contribution is 2.31. The number of nitrogens with one attached hydrogen (secondary N) is 2. The maximum atomic E-state index is 13.0. The highest BCUT2D eigenvalue weighted by Gasteiger charge is 2.41. The van der Waals surface area contributed by atoms with Crippen molar-refractivity contribution in [1.29, 1.82) is 0 Å². The molecule has 1 saturated heterocycles. The van der Waals surface area contributed by atoms with E-state index in [0.29, 0.717) is 19.8 Å². The lowest BCUT2D eigenvalue weighted by molar-refractivity contribution is -0.132. The van der Waals surface area contributed by atoms with E-state index in [9.17, 15) is 4.79 Å². The van der Waals surface area contributed by atoms with E-state index in [-0.39, 0.29) is 5.91 Å². The summed E-state index contributed by atoms with van der Waals surface area (Å²) >= 11 is 0. The van der Waals surface area contributed by atoms with Gasteiger partial charge in [0.15, 0.2) is 11.5 Å². The summed E-state index contributed by atoms with van der Waals surface area (Å²) < 4.78 is 12.9. The van der Waals surface area contributed by atoms with E-state index in [1.807, 2.05) is 30.5 Å². The van der Waals surface area contributed by atoms with Crippen LogP contribution in [0.2, 0.25) is 0 Å². The Labute approximate surface area is 146 Å². The van der Waals surface area contributed by atoms with Gasteiger partial charge in [-0.25, -0.2) is 0 Å². The van der Waals surface area contributed by atoms with Gasteiger partial charge in [-0.1, -0.05) is 6.07 Å². The fourth-order valence-electron chi connectivity index (χ4n) is 3.47. The van der Waals surface area contributed by atoms with Crippen molar-refractivity contribution in [3.05, 3.63) is 42.2 Å². The summed E-state index contributed by atoms with van der Waals surface area (Å²) in [7, 11) is 0. The Morgan fingerprint density at radius 3 is 2.80 bits per heavy atom. The van der Waals surface area contributed by atoms with Crippen LogP contribution < -0.4 is 20.1 Å². The van der Waals surface area contributed by atoms with E-state index in [0.717, 1.165) is 43.0 Å². The fourth-order valence-corrected chi connectivity index (χ4v) is 3.47. The minimum absolute atomic E-state index is 0.00703. The summed E-state index contributed by atoms with van der Waals surface area (Å²) in [6.07, 6.45) is 5.04. The average molecular weight is 342 g/mol. The predicted octanol–water partition coefficient (Wildman–Crippen LogP) is 1.05. The molecule has 1 aromatic heterocycles. The van der Waals surface area contributed by atoms with Crippen LogP contribution in [0.4, 0.5) is 0 Å². The molecule has 1 aromatic carbocycles. The number of hydrogen-bond acceptors (Lipinski definition) is 5. The number of nitrogens with zero attached hydrogens (tertiary/aromatic N) is 2. The molecular weight excluding hydrogens is 320 g/mol. The number of amides is 1. The van der Waals surface area contributed by atoms with Crippen molar-refractivity contribution in [2.24, 2.45) is 0 Å². The molecular formula is C18H22N4O3. The molecule has 2 aromatic rings. The topological polar surface area (TPSA) is 77.4 Å². The second kappa shape index (κ2) is 6.76. The summed E-state index contributed by atoms with van der Waals surface area (Å²) in [6, 6.07) is 7.64. The Bertz CT molecular complexity index is 739. The number of piperidine rings is 1. The first-order chi connectivity index (χ1) is 12.3. The number of carbonyl (C=O) groups is 1. The molecule has 0 spiro atoms. The van der Waals surface area contributed by atoms with Crippen LogP contribution in [-0.4, -0.2) is 42.0 Å². The van der Waals surface area contributed by atoms with Crippen molar-refractivity contribution in [1.82, 2.24) is 20.4 Å². The number of hydrogen-bond donors (Lipinski definition) is 2. The van der Waals surface area contributed by atoms with Gasteiger partial charge in [0.1, 0.15) is 18.8 Å². The van der Waals surface area contributed by atoms with Crippen molar-refractivity contribution >= 4 is 5.91 Å². The second-order valence-electron chi connectivity index (χ2n) is 6.39. The third-order valence-electron chi connectivity index (χ3n) is 4.86. The van der Waals surface area contributed by atoms with Gasteiger partial charge in [-0.15, -0.1) is 0 Å². The van der Waals surface area contributed by atoms with Crippen LogP contribution in [0.15, 0.2) is 36.7 Å². The predicted molar refractivity (Wildman–Crippen MR) is 91.6 cm³/mol. The molecule has 0 atom stereocenters. The van der Waals surface area contributed by atoms with Gasteiger partial charge >= 0.3 is 0 Å². The maximum absolute atomic E-state index is 13.0. The molecule has 25 heavy (non-hydrogen) atoms. The van der Waals surface area contributed by atoms with Crippen LogP contribution in [0.1, 0.15) is 18.4 Å². The van der Waals surface area contributed by atoms with Crippen LogP contribution >= 0.6 is 0 Å². The number of fused-ring (bicyclic) bond motifs is 1. The van der Waals surface area contributed by atoms with E-state index in [1.54, 1.807) is 10.9 Å². The van der Waals surface area contributed by atoms with E-state index in [1.165, 1.54) is 0 Å². The first-order valence-electron chi connectivity index (χ1n) is 8.66. The minimum atomic E-state index is -0.622. The molecule has 7 nitrogen and oxygen atoms in total. The number of aromatic nitrogens is 2. The van der Waals surface area contributed by atoms with Gasteiger partial charge in [-0.2, -0.15) is 5.10 Å². The van der Waals surface area contributed by atoms with Crippen LogP contribution in [0.5, 0.6) is 11.5 Å².